The zero-order valence-electron chi connectivity index (χ0n) is 8.41. The van der Waals surface area contributed by atoms with E-state index in [0.717, 1.165) is 10.7 Å². The molecule has 1 aromatic carbocycles. The Hall–Kier alpha value is -0.970. The van der Waals surface area contributed by atoms with Gasteiger partial charge < -0.3 is 5.73 Å². The van der Waals surface area contributed by atoms with Gasteiger partial charge in [0.25, 0.3) is 0 Å². The number of hydrogen-bond acceptors (Lipinski definition) is 3. The predicted molar refractivity (Wildman–Crippen MR) is 64.2 cm³/mol. The fourth-order valence-electron chi connectivity index (χ4n) is 1.41. The smallest absolute Gasteiger partial charge is 0.128 e. The SMILES string of the molecule is NCc1nc(Cc2c(F)cccc2Cl)cs1. The van der Waals surface area contributed by atoms with Crippen LogP contribution in [0.15, 0.2) is 23.6 Å². The van der Waals surface area contributed by atoms with Crippen LogP contribution in [0, 0.1) is 5.82 Å². The van der Waals surface area contributed by atoms with Crippen molar-refractivity contribution >= 4 is 22.9 Å². The first-order valence-electron chi connectivity index (χ1n) is 4.77. The molecule has 0 atom stereocenters. The van der Waals surface area contributed by atoms with Gasteiger partial charge in [0.2, 0.25) is 0 Å². The summed E-state index contributed by atoms with van der Waals surface area (Å²) in [5.41, 5.74) is 6.75. The molecule has 16 heavy (non-hydrogen) atoms. The molecule has 0 fully saturated rings. The molecule has 0 aliphatic carbocycles. The van der Waals surface area contributed by atoms with E-state index in [4.69, 9.17) is 17.3 Å². The van der Waals surface area contributed by atoms with Crippen molar-refractivity contribution in [3.63, 3.8) is 0 Å². The van der Waals surface area contributed by atoms with Crippen molar-refractivity contribution in [2.45, 2.75) is 13.0 Å². The van der Waals surface area contributed by atoms with Crippen molar-refractivity contribution in [1.29, 1.82) is 0 Å². The van der Waals surface area contributed by atoms with Gasteiger partial charge in [0.05, 0.1) is 5.69 Å². The summed E-state index contributed by atoms with van der Waals surface area (Å²) < 4.78 is 13.5. The molecular weight excluding hydrogens is 247 g/mol. The molecule has 0 radical (unpaired) electrons. The number of nitrogens with two attached hydrogens (primary N) is 1. The summed E-state index contributed by atoms with van der Waals surface area (Å²) >= 11 is 7.41. The lowest BCUT2D eigenvalue weighted by Crippen LogP contribution is -1.97. The third-order valence-electron chi connectivity index (χ3n) is 2.19. The minimum absolute atomic E-state index is 0.296. The van der Waals surface area contributed by atoms with E-state index < -0.39 is 0 Å². The van der Waals surface area contributed by atoms with E-state index in [1.807, 2.05) is 5.38 Å². The average Bonchev–Trinajstić information content (AvgIpc) is 2.71. The first kappa shape index (κ1) is 11.5. The summed E-state index contributed by atoms with van der Waals surface area (Å²) in [6.07, 6.45) is 0.405. The van der Waals surface area contributed by atoms with Crippen LogP contribution in [0.25, 0.3) is 0 Å². The van der Waals surface area contributed by atoms with Crippen LogP contribution in [0.5, 0.6) is 0 Å². The van der Waals surface area contributed by atoms with Crippen molar-refractivity contribution in [2.75, 3.05) is 0 Å². The predicted octanol–water partition coefficient (Wildman–Crippen LogP) is 2.99. The zero-order chi connectivity index (χ0) is 11.5. The standard InChI is InChI=1S/C11H10ClFN2S/c12-9-2-1-3-10(13)8(9)4-7-6-16-11(5-14)15-7/h1-3,6H,4-5,14H2. The van der Waals surface area contributed by atoms with E-state index in [1.54, 1.807) is 12.1 Å². The lowest BCUT2D eigenvalue weighted by atomic mass is 10.1. The highest BCUT2D eigenvalue weighted by Gasteiger charge is 2.09. The van der Waals surface area contributed by atoms with Crippen molar-refractivity contribution in [3.05, 3.63) is 50.7 Å². The number of aromatic nitrogens is 1. The molecule has 2 N–H and O–H groups in total. The van der Waals surface area contributed by atoms with Gasteiger partial charge in [-0.05, 0) is 12.1 Å². The van der Waals surface area contributed by atoms with E-state index in [0.29, 0.717) is 23.6 Å². The van der Waals surface area contributed by atoms with E-state index in [9.17, 15) is 4.39 Å². The summed E-state index contributed by atoms with van der Waals surface area (Å²) in [7, 11) is 0. The number of hydrogen-bond donors (Lipinski definition) is 1. The molecule has 2 aromatic rings. The summed E-state index contributed by atoms with van der Waals surface area (Å²) in [6.45, 7) is 0.412. The number of benzene rings is 1. The number of halogens is 2. The second kappa shape index (κ2) is 4.91. The second-order valence-electron chi connectivity index (χ2n) is 3.31. The number of rotatable bonds is 3. The molecule has 0 unspecified atom stereocenters. The monoisotopic (exact) mass is 256 g/mol. The van der Waals surface area contributed by atoms with Gasteiger partial charge in [0.15, 0.2) is 0 Å². The third-order valence-corrected chi connectivity index (χ3v) is 3.47. The van der Waals surface area contributed by atoms with Gasteiger partial charge in [-0.3, -0.25) is 0 Å². The maximum Gasteiger partial charge on any atom is 0.128 e. The molecule has 0 saturated carbocycles. The largest absolute Gasteiger partial charge is 0.325 e. The minimum Gasteiger partial charge on any atom is -0.325 e. The highest BCUT2D eigenvalue weighted by molar-refractivity contribution is 7.09. The molecule has 0 saturated heterocycles. The summed E-state index contributed by atoms with van der Waals surface area (Å²) in [4.78, 5) is 4.27. The van der Waals surface area contributed by atoms with Crippen LogP contribution in [0.2, 0.25) is 5.02 Å². The van der Waals surface area contributed by atoms with Crippen molar-refractivity contribution < 1.29 is 4.39 Å². The number of thiazole rings is 1. The Balaban J connectivity index is 2.26. The highest BCUT2D eigenvalue weighted by atomic mass is 35.5. The van der Waals surface area contributed by atoms with Gasteiger partial charge in [-0.25, -0.2) is 9.37 Å². The fourth-order valence-corrected chi connectivity index (χ4v) is 2.31. The molecule has 1 heterocycles. The van der Waals surface area contributed by atoms with Crippen LogP contribution in [-0.2, 0) is 13.0 Å². The van der Waals surface area contributed by atoms with Gasteiger partial charge in [-0.1, -0.05) is 17.7 Å². The summed E-state index contributed by atoms with van der Waals surface area (Å²) in [5.74, 6) is -0.296. The van der Waals surface area contributed by atoms with E-state index in [2.05, 4.69) is 4.98 Å². The van der Waals surface area contributed by atoms with E-state index >= 15 is 0 Å². The number of nitrogens with zero attached hydrogens (tertiary/aromatic N) is 1. The molecule has 2 rings (SSSR count). The minimum atomic E-state index is -0.296. The van der Waals surface area contributed by atoms with Crippen LogP contribution in [-0.4, -0.2) is 4.98 Å². The molecule has 84 valence electrons. The van der Waals surface area contributed by atoms with Crippen LogP contribution in [0.1, 0.15) is 16.3 Å². The molecule has 1 aromatic heterocycles. The molecule has 0 amide bonds. The Bertz CT molecular complexity index is 478. The Morgan fingerprint density at radius 1 is 1.44 bits per heavy atom. The molecule has 0 aliphatic rings. The molecule has 5 heteroatoms. The van der Waals surface area contributed by atoms with Crippen LogP contribution < -0.4 is 5.73 Å². The van der Waals surface area contributed by atoms with Gasteiger partial charge in [-0.15, -0.1) is 11.3 Å². The van der Waals surface area contributed by atoms with Crippen molar-refractivity contribution in [2.24, 2.45) is 5.73 Å². The van der Waals surface area contributed by atoms with Crippen molar-refractivity contribution in [1.82, 2.24) is 4.98 Å². The maximum absolute atomic E-state index is 13.5. The second-order valence-corrected chi connectivity index (χ2v) is 4.66. The van der Waals surface area contributed by atoms with Gasteiger partial charge >= 0.3 is 0 Å². The Morgan fingerprint density at radius 3 is 2.88 bits per heavy atom. The zero-order valence-corrected chi connectivity index (χ0v) is 9.98. The van der Waals surface area contributed by atoms with Crippen LogP contribution in [0.3, 0.4) is 0 Å². The molecule has 2 nitrogen and oxygen atoms in total. The Kier molecular flexibility index (Phi) is 3.53. The fraction of sp³-hybridized carbons (Fsp3) is 0.182. The molecule has 0 aliphatic heterocycles. The normalized spacial score (nSPS) is 10.7. The van der Waals surface area contributed by atoms with E-state index in [1.165, 1.54) is 17.4 Å². The average molecular weight is 257 g/mol. The first-order valence-corrected chi connectivity index (χ1v) is 6.02. The van der Waals surface area contributed by atoms with E-state index in [-0.39, 0.29) is 5.82 Å². The van der Waals surface area contributed by atoms with Gasteiger partial charge in [0, 0.05) is 28.9 Å². The van der Waals surface area contributed by atoms with Gasteiger partial charge in [-0.2, -0.15) is 0 Å². The van der Waals surface area contributed by atoms with Gasteiger partial charge in [0.1, 0.15) is 10.8 Å². The quantitative estimate of drug-likeness (QED) is 0.917. The summed E-state index contributed by atoms with van der Waals surface area (Å²) in [6, 6.07) is 4.67. The van der Waals surface area contributed by atoms with Crippen LogP contribution in [0.4, 0.5) is 4.39 Å². The first-order chi connectivity index (χ1) is 7.70. The maximum atomic E-state index is 13.5. The summed E-state index contributed by atoms with van der Waals surface area (Å²) in [5, 5.41) is 3.16. The molecular formula is C11H10ClFN2S. The molecule has 0 bridgehead atoms. The molecule has 0 spiro atoms. The Labute approximate surface area is 102 Å². The highest BCUT2D eigenvalue weighted by Crippen LogP contribution is 2.22. The Morgan fingerprint density at radius 2 is 2.25 bits per heavy atom. The lowest BCUT2D eigenvalue weighted by Gasteiger charge is -2.03. The topological polar surface area (TPSA) is 38.9 Å². The third kappa shape index (κ3) is 2.40. The van der Waals surface area contributed by atoms with Crippen molar-refractivity contribution in [3.8, 4) is 0 Å². The lowest BCUT2D eigenvalue weighted by molar-refractivity contribution is 0.613. The van der Waals surface area contributed by atoms with Crippen LogP contribution >= 0.6 is 22.9 Å².